The van der Waals surface area contributed by atoms with Gasteiger partial charge in [0, 0.05) is 47.3 Å². The molecule has 1 fully saturated rings. The Morgan fingerprint density at radius 2 is 1.69 bits per heavy atom. The van der Waals surface area contributed by atoms with Gasteiger partial charge in [-0.05, 0) is 92.9 Å². The molecule has 2 aliphatic rings. The first-order valence-corrected chi connectivity index (χ1v) is 17.7. The minimum atomic E-state index is -4.73. The molecule has 1 aliphatic heterocycles. The minimum absolute atomic E-state index is 0.0402. The summed E-state index contributed by atoms with van der Waals surface area (Å²) in [6, 6.07) is 10.1. The first-order valence-electron chi connectivity index (χ1n) is 15.6. The zero-order valence-corrected chi connectivity index (χ0v) is 26.8. The Hall–Kier alpha value is -3.27. The molecule has 0 spiro atoms. The van der Waals surface area contributed by atoms with Crippen LogP contribution in [0, 0.1) is 0 Å². The largest absolute Gasteiger partial charge is 0.421 e. The molecular weight excluding hydrogens is 602 g/mol. The number of carbonyl (C=O) groups is 1. The summed E-state index contributed by atoms with van der Waals surface area (Å²) < 4.78 is 56.0. The predicted molar refractivity (Wildman–Crippen MR) is 172 cm³/mol. The van der Waals surface area contributed by atoms with E-state index < -0.39 is 30.7 Å². The van der Waals surface area contributed by atoms with Gasteiger partial charge in [0.05, 0.1) is 12.1 Å². The summed E-state index contributed by atoms with van der Waals surface area (Å²) in [6.07, 6.45) is 2.39. The number of anilines is 4. The summed E-state index contributed by atoms with van der Waals surface area (Å²) in [5, 5.41) is 16.7. The van der Waals surface area contributed by atoms with Gasteiger partial charge < -0.3 is 25.1 Å². The Bertz CT molecular complexity index is 1550. The zero-order chi connectivity index (χ0) is 32.4. The van der Waals surface area contributed by atoms with E-state index in [-0.39, 0.29) is 18.0 Å². The summed E-state index contributed by atoms with van der Waals surface area (Å²) in [7, 11) is -0.695. The number of aldehydes is 1. The number of halogens is 3. The third-order valence-corrected chi connectivity index (χ3v) is 12.5. The van der Waals surface area contributed by atoms with Crippen molar-refractivity contribution in [2.75, 3.05) is 30.0 Å². The average Bonchev–Trinajstić information content (AvgIpc) is 3.34. The van der Waals surface area contributed by atoms with Crippen LogP contribution in [0.5, 0.6) is 0 Å². The lowest BCUT2D eigenvalue weighted by Crippen LogP contribution is -2.18. The summed E-state index contributed by atoms with van der Waals surface area (Å²) >= 11 is 0. The van der Waals surface area contributed by atoms with Crippen molar-refractivity contribution in [3.05, 3.63) is 64.8 Å². The molecule has 3 aromatic rings. The van der Waals surface area contributed by atoms with Crippen molar-refractivity contribution in [1.82, 2.24) is 14.9 Å². The number of alkyl halides is 3. The number of nitrogens with zero attached hydrogens (tertiary/aromatic N) is 3. The van der Waals surface area contributed by atoms with Crippen LogP contribution >= 0.6 is 7.14 Å². The smallest absolute Gasteiger partial charge is 0.393 e. The minimum Gasteiger partial charge on any atom is -0.393 e. The van der Waals surface area contributed by atoms with Gasteiger partial charge in [-0.25, -0.2) is 4.98 Å². The quantitative estimate of drug-likeness (QED) is 0.146. The molecule has 1 aromatic heterocycles. The molecule has 5 rings (SSSR count). The number of rotatable bonds is 11. The number of hydrogen-bond donors (Lipinski definition) is 3. The lowest BCUT2D eigenvalue weighted by molar-refractivity contribution is -0.137. The number of aliphatic hydroxyl groups is 1. The van der Waals surface area contributed by atoms with Crippen LogP contribution in [0.4, 0.5) is 36.3 Å². The number of fused-ring (bicyclic) bond motifs is 1. The Labute approximate surface area is 262 Å². The first-order chi connectivity index (χ1) is 21.5. The van der Waals surface area contributed by atoms with Gasteiger partial charge in [-0.2, -0.15) is 18.2 Å². The highest BCUT2D eigenvalue weighted by molar-refractivity contribution is 7.71. The molecular formula is C33H41F3N5O3P. The summed E-state index contributed by atoms with van der Waals surface area (Å²) in [4.78, 5) is 22.3. The van der Waals surface area contributed by atoms with Crippen LogP contribution in [-0.2, 0) is 22.1 Å². The van der Waals surface area contributed by atoms with Crippen LogP contribution in [0.15, 0.2) is 42.6 Å². The van der Waals surface area contributed by atoms with E-state index in [1.165, 1.54) is 0 Å². The number of hydrogen-bond acceptors (Lipinski definition) is 8. The molecule has 0 bridgehead atoms. The summed E-state index contributed by atoms with van der Waals surface area (Å²) in [5.74, 6) is -0.261. The monoisotopic (exact) mass is 643 g/mol. The molecule has 3 N–H and O–H groups in total. The van der Waals surface area contributed by atoms with Crippen molar-refractivity contribution >= 4 is 41.9 Å². The van der Waals surface area contributed by atoms with Crippen molar-refractivity contribution in [2.24, 2.45) is 0 Å². The van der Waals surface area contributed by atoms with Crippen molar-refractivity contribution in [3.8, 4) is 0 Å². The molecule has 1 aliphatic carbocycles. The van der Waals surface area contributed by atoms with Crippen LogP contribution in [-0.4, -0.2) is 51.7 Å². The van der Waals surface area contributed by atoms with E-state index in [2.05, 4.69) is 20.6 Å². The molecule has 12 heteroatoms. The van der Waals surface area contributed by atoms with E-state index in [9.17, 15) is 27.6 Å². The molecule has 1 unspecified atom stereocenters. The van der Waals surface area contributed by atoms with Crippen molar-refractivity contribution in [1.29, 1.82) is 0 Å². The SMILES string of the molecule is CCCP(=O)(CCC)c1ccc(Nc2ncc(C(F)(F)F)c(Nc3ccc(C4CCC(O)CC4)c4c3C(C=O)N(C)C4)n2)cc1. The molecule has 242 valence electrons. The zero-order valence-electron chi connectivity index (χ0n) is 25.9. The van der Waals surface area contributed by atoms with Gasteiger partial charge in [0.15, 0.2) is 0 Å². The van der Waals surface area contributed by atoms with E-state index in [4.69, 9.17) is 0 Å². The first kappa shape index (κ1) is 33.1. The van der Waals surface area contributed by atoms with Crippen LogP contribution in [0.2, 0.25) is 0 Å². The maximum atomic E-state index is 14.2. The fourth-order valence-electron chi connectivity index (χ4n) is 6.72. The number of aromatic nitrogens is 2. The third-order valence-electron chi connectivity index (χ3n) is 8.95. The molecule has 0 radical (unpaired) electrons. The number of benzene rings is 2. The fraction of sp³-hybridized carbons (Fsp3) is 0.485. The molecule has 0 amide bonds. The Morgan fingerprint density at radius 3 is 2.29 bits per heavy atom. The maximum absolute atomic E-state index is 14.2. The van der Waals surface area contributed by atoms with Crippen LogP contribution in [0.3, 0.4) is 0 Å². The average molecular weight is 644 g/mol. The van der Waals surface area contributed by atoms with Crippen LogP contribution < -0.4 is 15.9 Å². The van der Waals surface area contributed by atoms with Gasteiger partial charge in [0.1, 0.15) is 24.8 Å². The lowest BCUT2D eigenvalue weighted by Gasteiger charge is -2.28. The Morgan fingerprint density at radius 1 is 1.02 bits per heavy atom. The van der Waals surface area contributed by atoms with Gasteiger partial charge >= 0.3 is 6.18 Å². The Kier molecular flexibility index (Phi) is 10.0. The van der Waals surface area contributed by atoms with Gasteiger partial charge in [-0.15, -0.1) is 0 Å². The topological polar surface area (TPSA) is 107 Å². The van der Waals surface area contributed by atoms with Crippen LogP contribution in [0.1, 0.15) is 86.6 Å². The van der Waals surface area contributed by atoms with Gasteiger partial charge in [-0.1, -0.05) is 19.9 Å². The number of aliphatic hydroxyl groups excluding tert-OH is 1. The van der Waals surface area contributed by atoms with Crippen LogP contribution in [0.25, 0.3) is 0 Å². The fourth-order valence-corrected chi connectivity index (χ4v) is 9.60. The molecule has 0 saturated heterocycles. The van der Waals surface area contributed by atoms with E-state index in [0.29, 0.717) is 48.6 Å². The molecule has 1 atom stereocenters. The van der Waals surface area contributed by atoms with Crippen molar-refractivity contribution < 1.29 is 27.6 Å². The Balaban J connectivity index is 1.47. The summed E-state index contributed by atoms with van der Waals surface area (Å²) in [5.41, 5.74) is 2.56. The maximum Gasteiger partial charge on any atom is 0.421 e. The normalized spacial score (nSPS) is 20.6. The lowest BCUT2D eigenvalue weighted by atomic mass is 9.80. The molecule has 2 heterocycles. The van der Waals surface area contributed by atoms with Crippen molar-refractivity contribution in [3.63, 3.8) is 0 Å². The molecule has 1 saturated carbocycles. The summed E-state index contributed by atoms with van der Waals surface area (Å²) in [6.45, 7) is 4.51. The molecule has 2 aromatic carbocycles. The number of likely N-dealkylation sites (N-methyl/N-ethyl adjacent to an activating group) is 1. The molecule has 8 nitrogen and oxygen atoms in total. The highest BCUT2D eigenvalue weighted by Gasteiger charge is 2.38. The van der Waals surface area contributed by atoms with E-state index in [1.807, 2.05) is 31.9 Å². The second kappa shape index (κ2) is 13.6. The third kappa shape index (κ3) is 7.11. The molecule has 45 heavy (non-hydrogen) atoms. The van der Waals surface area contributed by atoms with E-state index in [1.54, 1.807) is 30.3 Å². The van der Waals surface area contributed by atoms with Gasteiger partial charge in [0.2, 0.25) is 5.95 Å². The van der Waals surface area contributed by atoms with Gasteiger partial charge in [-0.3, -0.25) is 4.90 Å². The van der Waals surface area contributed by atoms with E-state index >= 15 is 0 Å². The second-order valence-corrected chi connectivity index (χ2v) is 15.4. The van der Waals surface area contributed by atoms with E-state index in [0.717, 1.165) is 54.6 Å². The highest BCUT2D eigenvalue weighted by Crippen LogP contribution is 2.47. The number of nitrogens with one attached hydrogen (secondary N) is 2. The van der Waals surface area contributed by atoms with Crippen molar-refractivity contribution in [2.45, 2.75) is 83.2 Å². The second-order valence-electron chi connectivity index (χ2n) is 12.2. The number of carbonyl (C=O) groups excluding carboxylic acids is 1. The predicted octanol–water partition coefficient (Wildman–Crippen LogP) is 7.49. The highest BCUT2D eigenvalue weighted by atomic mass is 31.2. The standard InChI is InChI=1S/C33H41F3N5O3P/c1-4-16-45(44,17-5-2)24-12-8-22(9-13-24)38-32-37-18-27(33(34,35)36)31(40-32)39-28-15-14-25(21-6-10-23(43)11-7-21)26-19-41(3)29(20-42)30(26)28/h8-9,12-15,18,20-21,23,29,43H,4-7,10-11,16-17,19H2,1-3H3,(H2,37,38,39,40). The van der Waals surface area contributed by atoms with Gasteiger partial charge in [0.25, 0.3) is 0 Å².